The first-order chi connectivity index (χ1) is 10.1. The van der Waals surface area contributed by atoms with Crippen LogP contribution in [0.2, 0.25) is 0 Å². The molecule has 2 rings (SSSR count). The minimum atomic E-state index is -0.759. The topological polar surface area (TPSA) is 62.2 Å². The minimum Gasteiger partial charge on any atom is -0.388 e. The molecule has 4 nitrogen and oxygen atoms in total. The van der Waals surface area contributed by atoms with Gasteiger partial charge >= 0.3 is 0 Å². The van der Waals surface area contributed by atoms with E-state index in [0.717, 1.165) is 36.4 Å². The van der Waals surface area contributed by atoms with E-state index in [4.69, 9.17) is 0 Å². The first-order valence-corrected chi connectivity index (χ1v) is 8.87. The summed E-state index contributed by atoms with van der Waals surface area (Å²) in [5.74, 6) is 0.532. The largest absolute Gasteiger partial charge is 0.388 e. The third-order valence-corrected chi connectivity index (χ3v) is 5.90. The van der Waals surface area contributed by atoms with Crippen LogP contribution in [0.15, 0.2) is 0 Å². The van der Waals surface area contributed by atoms with Gasteiger partial charge in [-0.05, 0) is 50.9 Å². The van der Waals surface area contributed by atoms with E-state index in [1.165, 1.54) is 11.3 Å². The molecule has 0 saturated heterocycles. The van der Waals surface area contributed by atoms with E-state index in [-0.39, 0.29) is 5.91 Å². The van der Waals surface area contributed by atoms with Crippen LogP contribution in [0.3, 0.4) is 0 Å². The Hall–Kier alpha value is -0.940. The van der Waals surface area contributed by atoms with Gasteiger partial charge in [-0.15, -0.1) is 11.3 Å². The van der Waals surface area contributed by atoms with Crippen molar-refractivity contribution >= 4 is 17.2 Å². The predicted octanol–water partition coefficient (Wildman–Crippen LogP) is 3.46. The van der Waals surface area contributed by atoms with Crippen molar-refractivity contribution in [1.82, 2.24) is 10.3 Å². The van der Waals surface area contributed by atoms with Gasteiger partial charge in [-0.1, -0.05) is 20.8 Å². The first-order valence-electron chi connectivity index (χ1n) is 8.05. The number of nitrogens with one attached hydrogen (secondary N) is 1. The van der Waals surface area contributed by atoms with Gasteiger partial charge < -0.3 is 10.4 Å². The SMILES string of the molecule is Cc1nc(C)c(C(=O)NCC2(O)CCC(C(C)(C)C)CC2)s1. The Morgan fingerprint density at radius 1 is 1.36 bits per heavy atom. The van der Waals surface area contributed by atoms with Gasteiger partial charge in [-0.2, -0.15) is 0 Å². The summed E-state index contributed by atoms with van der Waals surface area (Å²) in [5.41, 5.74) is 0.302. The number of rotatable bonds is 3. The Balaban J connectivity index is 1.89. The molecule has 0 aromatic carbocycles. The highest BCUT2D eigenvalue weighted by Crippen LogP contribution is 2.41. The number of carbonyl (C=O) groups is 1. The van der Waals surface area contributed by atoms with Gasteiger partial charge in [-0.3, -0.25) is 4.79 Å². The van der Waals surface area contributed by atoms with Crippen LogP contribution in [-0.4, -0.2) is 28.1 Å². The average molecular weight is 324 g/mol. The van der Waals surface area contributed by atoms with Crippen LogP contribution < -0.4 is 5.32 Å². The van der Waals surface area contributed by atoms with Crippen LogP contribution in [0, 0.1) is 25.2 Å². The Kier molecular flexibility index (Phi) is 4.97. The molecule has 1 aromatic rings. The summed E-state index contributed by atoms with van der Waals surface area (Å²) in [4.78, 5) is 17.2. The van der Waals surface area contributed by atoms with E-state index in [0.29, 0.717) is 22.8 Å². The normalized spacial score (nSPS) is 26.0. The number of hydrogen-bond acceptors (Lipinski definition) is 4. The molecule has 0 aliphatic heterocycles. The zero-order chi connectivity index (χ0) is 16.5. The molecule has 1 fully saturated rings. The third kappa shape index (κ3) is 4.07. The van der Waals surface area contributed by atoms with Crippen LogP contribution in [0.25, 0.3) is 0 Å². The maximum Gasteiger partial charge on any atom is 0.263 e. The lowest BCUT2D eigenvalue weighted by Crippen LogP contribution is -2.46. The molecule has 0 radical (unpaired) electrons. The molecule has 124 valence electrons. The summed E-state index contributed by atoms with van der Waals surface area (Å²) in [6, 6.07) is 0. The summed E-state index contributed by atoms with van der Waals surface area (Å²) >= 11 is 1.41. The van der Waals surface area contributed by atoms with E-state index in [2.05, 4.69) is 31.1 Å². The fourth-order valence-electron chi connectivity index (χ4n) is 3.27. The number of aromatic nitrogens is 1. The molecule has 1 aliphatic rings. The Labute approximate surface area is 137 Å². The highest BCUT2D eigenvalue weighted by atomic mass is 32.1. The van der Waals surface area contributed by atoms with E-state index in [1.54, 1.807) is 0 Å². The van der Waals surface area contributed by atoms with Gasteiger partial charge in [0, 0.05) is 6.54 Å². The molecule has 0 unspecified atom stereocenters. The number of carbonyl (C=O) groups excluding carboxylic acids is 1. The zero-order valence-corrected chi connectivity index (χ0v) is 15.1. The Bertz CT molecular complexity index is 537. The van der Waals surface area contributed by atoms with Gasteiger partial charge in [0.15, 0.2) is 0 Å². The number of amides is 1. The molecule has 1 heterocycles. The second-order valence-corrected chi connectivity index (χ2v) is 8.90. The fraction of sp³-hybridized carbons (Fsp3) is 0.765. The van der Waals surface area contributed by atoms with Crippen molar-refractivity contribution in [1.29, 1.82) is 0 Å². The van der Waals surface area contributed by atoms with Gasteiger partial charge in [0.1, 0.15) is 4.88 Å². The lowest BCUT2D eigenvalue weighted by atomic mass is 9.68. The number of thiazole rings is 1. The Morgan fingerprint density at radius 2 is 1.95 bits per heavy atom. The summed E-state index contributed by atoms with van der Waals surface area (Å²) < 4.78 is 0. The van der Waals surface area contributed by atoms with Crippen molar-refractivity contribution in [2.45, 2.75) is 65.9 Å². The van der Waals surface area contributed by atoms with Crippen molar-refractivity contribution in [3.05, 3.63) is 15.6 Å². The quantitative estimate of drug-likeness (QED) is 0.895. The maximum atomic E-state index is 12.2. The second-order valence-electron chi connectivity index (χ2n) is 7.69. The second kappa shape index (κ2) is 6.28. The summed E-state index contributed by atoms with van der Waals surface area (Å²) in [5, 5.41) is 14.5. The van der Waals surface area contributed by atoms with Gasteiger partial charge in [0.05, 0.1) is 16.3 Å². The molecule has 0 atom stereocenters. The maximum absolute atomic E-state index is 12.2. The van der Waals surface area contributed by atoms with Crippen molar-refractivity contribution in [2.75, 3.05) is 6.54 Å². The van der Waals surface area contributed by atoms with Gasteiger partial charge in [0.25, 0.3) is 5.91 Å². The average Bonchev–Trinajstić information content (AvgIpc) is 2.75. The molecule has 1 aromatic heterocycles. The minimum absolute atomic E-state index is 0.116. The molecular formula is C17H28N2O2S. The summed E-state index contributed by atoms with van der Waals surface area (Å²) in [7, 11) is 0. The highest BCUT2D eigenvalue weighted by Gasteiger charge is 2.37. The molecular weight excluding hydrogens is 296 g/mol. The molecule has 0 bridgehead atoms. The molecule has 1 amide bonds. The monoisotopic (exact) mass is 324 g/mol. The number of aliphatic hydroxyl groups is 1. The Morgan fingerprint density at radius 3 is 2.41 bits per heavy atom. The lowest BCUT2D eigenvalue weighted by molar-refractivity contribution is -0.0228. The lowest BCUT2D eigenvalue weighted by Gasteiger charge is -2.41. The summed E-state index contributed by atoms with van der Waals surface area (Å²) in [6.45, 7) is 10.9. The molecule has 2 N–H and O–H groups in total. The van der Waals surface area contributed by atoms with E-state index >= 15 is 0 Å². The highest BCUT2D eigenvalue weighted by molar-refractivity contribution is 7.13. The standard InChI is InChI=1S/C17H28N2O2S/c1-11-14(22-12(2)19-11)15(20)18-10-17(21)8-6-13(7-9-17)16(3,4)5/h13,21H,6-10H2,1-5H3,(H,18,20). The van der Waals surface area contributed by atoms with Crippen LogP contribution in [-0.2, 0) is 0 Å². The predicted molar refractivity (Wildman–Crippen MR) is 90.3 cm³/mol. The van der Waals surface area contributed by atoms with Crippen LogP contribution in [0.1, 0.15) is 66.8 Å². The summed E-state index contributed by atoms with van der Waals surface area (Å²) in [6.07, 6.45) is 3.56. The van der Waals surface area contributed by atoms with Crippen LogP contribution in [0.5, 0.6) is 0 Å². The molecule has 0 spiro atoms. The number of nitrogens with zero attached hydrogens (tertiary/aromatic N) is 1. The fourth-order valence-corrected chi connectivity index (χ4v) is 4.10. The van der Waals surface area contributed by atoms with E-state index in [9.17, 15) is 9.90 Å². The third-order valence-electron chi connectivity index (χ3n) is 4.83. The smallest absolute Gasteiger partial charge is 0.263 e. The van der Waals surface area contributed by atoms with E-state index < -0.39 is 5.60 Å². The van der Waals surface area contributed by atoms with Crippen molar-refractivity contribution < 1.29 is 9.90 Å². The van der Waals surface area contributed by atoms with Crippen LogP contribution >= 0.6 is 11.3 Å². The van der Waals surface area contributed by atoms with Crippen LogP contribution in [0.4, 0.5) is 0 Å². The van der Waals surface area contributed by atoms with E-state index in [1.807, 2.05) is 13.8 Å². The van der Waals surface area contributed by atoms with Crippen molar-refractivity contribution in [3.8, 4) is 0 Å². The zero-order valence-electron chi connectivity index (χ0n) is 14.3. The first kappa shape index (κ1) is 17.4. The molecule has 5 heteroatoms. The van der Waals surface area contributed by atoms with Gasteiger partial charge in [0.2, 0.25) is 0 Å². The number of aryl methyl sites for hydroxylation is 2. The molecule has 1 saturated carbocycles. The number of hydrogen-bond donors (Lipinski definition) is 2. The van der Waals surface area contributed by atoms with Gasteiger partial charge in [-0.25, -0.2) is 4.98 Å². The molecule has 1 aliphatic carbocycles. The molecule has 22 heavy (non-hydrogen) atoms. The van der Waals surface area contributed by atoms with Crippen molar-refractivity contribution in [3.63, 3.8) is 0 Å². The van der Waals surface area contributed by atoms with Crippen molar-refractivity contribution in [2.24, 2.45) is 11.3 Å².